The Morgan fingerprint density at radius 1 is 1.42 bits per heavy atom. The zero-order valence-corrected chi connectivity index (χ0v) is 10.5. The lowest BCUT2D eigenvalue weighted by molar-refractivity contribution is 0.242. The van der Waals surface area contributed by atoms with Crippen molar-refractivity contribution in [2.24, 2.45) is 0 Å². The smallest absolute Gasteiger partial charge is 0.223 e. The van der Waals surface area contributed by atoms with Crippen LogP contribution in [0.15, 0.2) is 35.5 Å². The Balaban J connectivity index is 1.75. The van der Waals surface area contributed by atoms with Gasteiger partial charge in [0.1, 0.15) is 0 Å². The summed E-state index contributed by atoms with van der Waals surface area (Å²) < 4.78 is 0. The molecule has 0 aliphatic carbocycles. The van der Waals surface area contributed by atoms with Crippen molar-refractivity contribution in [1.29, 1.82) is 0 Å². The molecule has 5 nitrogen and oxygen atoms in total. The van der Waals surface area contributed by atoms with Gasteiger partial charge in [-0.1, -0.05) is 0 Å². The normalized spacial score (nSPS) is 15.2. The van der Waals surface area contributed by atoms with Crippen LogP contribution in [0, 0.1) is 0 Å². The van der Waals surface area contributed by atoms with Crippen LogP contribution in [0.25, 0.3) is 0 Å². The monoisotopic (exact) mass is 257 g/mol. The van der Waals surface area contributed by atoms with Gasteiger partial charge in [-0.05, 0) is 23.6 Å². The van der Waals surface area contributed by atoms with Crippen LogP contribution < -0.4 is 5.43 Å². The highest BCUT2D eigenvalue weighted by molar-refractivity contribution is 5.26. The van der Waals surface area contributed by atoms with E-state index in [0.29, 0.717) is 6.54 Å². The zero-order chi connectivity index (χ0) is 13.2. The fourth-order valence-corrected chi connectivity index (χ4v) is 2.41. The zero-order valence-electron chi connectivity index (χ0n) is 10.5. The van der Waals surface area contributed by atoms with Crippen molar-refractivity contribution in [3.8, 4) is 5.75 Å². The van der Waals surface area contributed by atoms with Gasteiger partial charge >= 0.3 is 0 Å². The molecule has 0 fully saturated rings. The summed E-state index contributed by atoms with van der Waals surface area (Å²) in [5.41, 5.74) is 3.07. The number of nitrogens with zero attached hydrogens (tertiary/aromatic N) is 2. The molecule has 2 aromatic rings. The van der Waals surface area contributed by atoms with Crippen molar-refractivity contribution >= 4 is 0 Å². The minimum Gasteiger partial charge on any atom is -0.503 e. The number of aromatic hydroxyl groups is 1. The summed E-state index contributed by atoms with van der Waals surface area (Å²) in [6.45, 7) is 2.47. The molecule has 0 radical (unpaired) electrons. The van der Waals surface area contributed by atoms with Gasteiger partial charge in [0.2, 0.25) is 5.43 Å². The lowest BCUT2D eigenvalue weighted by atomic mass is 10.0. The highest BCUT2D eigenvalue weighted by Gasteiger charge is 2.16. The van der Waals surface area contributed by atoms with E-state index in [0.717, 1.165) is 25.2 Å². The minimum absolute atomic E-state index is 0.239. The number of nitrogens with one attached hydrogen (secondary N) is 1. The molecular formula is C14H15N3O2. The van der Waals surface area contributed by atoms with Gasteiger partial charge in [-0.15, -0.1) is 0 Å². The number of fused-ring (bicyclic) bond motifs is 1. The minimum atomic E-state index is -0.340. The summed E-state index contributed by atoms with van der Waals surface area (Å²) in [6, 6.07) is 3.52. The third-order valence-electron chi connectivity index (χ3n) is 3.44. The molecule has 2 aromatic heterocycles. The summed E-state index contributed by atoms with van der Waals surface area (Å²) in [4.78, 5) is 20.7. The Morgan fingerprint density at radius 2 is 2.32 bits per heavy atom. The Kier molecular flexibility index (Phi) is 3.05. The SMILES string of the molecule is O=c1cc(CN2CCc3ccncc3C2)[nH]cc1O. The maximum atomic E-state index is 11.4. The predicted octanol–water partition coefficient (Wildman–Crippen LogP) is 1.03. The number of pyridine rings is 2. The second-order valence-corrected chi connectivity index (χ2v) is 4.81. The van der Waals surface area contributed by atoms with Crippen molar-refractivity contribution < 1.29 is 5.11 Å². The van der Waals surface area contributed by atoms with Gasteiger partial charge in [0.05, 0.1) is 0 Å². The van der Waals surface area contributed by atoms with Crippen LogP contribution in [0.4, 0.5) is 0 Å². The van der Waals surface area contributed by atoms with Gasteiger partial charge in [0, 0.05) is 50.0 Å². The van der Waals surface area contributed by atoms with Gasteiger partial charge in [-0.2, -0.15) is 0 Å². The van der Waals surface area contributed by atoms with E-state index in [1.807, 2.05) is 12.4 Å². The van der Waals surface area contributed by atoms with E-state index in [4.69, 9.17) is 0 Å². The molecule has 0 aromatic carbocycles. The van der Waals surface area contributed by atoms with E-state index < -0.39 is 0 Å². The number of hydrogen-bond acceptors (Lipinski definition) is 4. The van der Waals surface area contributed by atoms with E-state index in [1.165, 1.54) is 23.4 Å². The summed E-state index contributed by atoms with van der Waals surface area (Å²) in [7, 11) is 0. The molecule has 1 aliphatic rings. The van der Waals surface area contributed by atoms with Crippen LogP contribution in [0.2, 0.25) is 0 Å². The quantitative estimate of drug-likeness (QED) is 0.843. The molecule has 0 amide bonds. The number of aromatic nitrogens is 2. The molecule has 3 rings (SSSR count). The highest BCUT2D eigenvalue weighted by Crippen LogP contribution is 2.18. The van der Waals surface area contributed by atoms with Crippen LogP contribution in [0.5, 0.6) is 5.75 Å². The number of rotatable bonds is 2. The van der Waals surface area contributed by atoms with Crippen molar-refractivity contribution in [2.45, 2.75) is 19.5 Å². The number of H-pyrrole nitrogens is 1. The molecule has 2 N–H and O–H groups in total. The topological polar surface area (TPSA) is 69.2 Å². The van der Waals surface area contributed by atoms with Crippen LogP contribution in [0.1, 0.15) is 16.8 Å². The number of aromatic amines is 1. The van der Waals surface area contributed by atoms with E-state index >= 15 is 0 Å². The lowest BCUT2D eigenvalue weighted by Gasteiger charge is -2.28. The summed E-state index contributed by atoms with van der Waals surface area (Å²) in [5, 5.41) is 9.21. The average molecular weight is 257 g/mol. The molecule has 0 saturated carbocycles. The second-order valence-electron chi connectivity index (χ2n) is 4.81. The van der Waals surface area contributed by atoms with Crippen molar-refractivity contribution in [3.05, 3.63) is 57.8 Å². The molecule has 0 unspecified atom stereocenters. The molecule has 5 heteroatoms. The Bertz CT molecular complexity index is 651. The van der Waals surface area contributed by atoms with Gasteiger partial charge in [-0.25, -0.2) is 0 Å². The molecule has 0 bridgehead atoms. The fraction of sp³-hybridized carbons (Fsp3) is 0.286. The van der Waals surface area contributed by atoms with E-state index in [9.17, 15) is 9.90 Å². The third-order valence-corrected chi connectivity index (χ3v) is 3.44. The van der Waals surface area contributed by atoms with Gasteiger partial charge in [0.25, 0.3) is 0 Å². The maximum Gasteiger partial charge on any atom is 0.223 e. The molecule has 0 saturated heterocycles. The van der Waals surface area contributed by atoms with Gasteiger partial charge < -0.3 is 10.1 Å². The van der Waals surface area contributed by atoms with Crippen LogP contribution >= 0.6 is 0 Å². The summed E-state index contributed by atoms with van der Waals surface area (Å²) in [6.07, 6.45) is 6.07. The molecule has 1 aliphatic heterocycles. The third kappa shape index (κ3) is 2.51. The van der Waals surface area contributed by atoms with Crippen LogP contribution in [0.3, 0.4) is 0 Å². The number of hydrogen-bond donors (Lipinski definition) is 2. The largest absolute Gasteiger partial charge is 0.503 e. The molecule has 3 heterocycles. The molecular weight excluding hydrogens is 242 g/mol. The fourth-order valence-electron chi connectivity index (χ4n) is 2.41. The molecule has 0 spiro atoms. The van der Waals surface area contributed by atoms with Crippen molar-refractivity contribution in [2.75, 3.05) is 6.54 Å². The second kappa shape index (κ2) is 4.85. The first-order valence-electron chi connectivity index (χ1n) is 6.27. The first kappa shape index (κ1) is 11.9. The average Bonchev–Trinajstić information content (AvgIpc) is 2.43. The van der Waals surface area contributed by atoms with E-state index in [1.54, 1.807) is 0 Å². The first-order valence-corrected chi connectivity index (χ1v) is 6.27. The van der Waals surface area contributed by atoms with E-state index in [2.05, 4.69) is 20.9 Å². The van der Waals surface area contributed by atoms with Crippen molar-refractivity contribution in [1.82, 2.24) is 14.9 Å². The molecule has 98 valence electrons. The standard InChI is InChI=1S/C14H15N3O2/c18-13-5-12(16-7-14(13)19)9-17-4-2-10-1-3-15-6-11(10)8-17/h1,3,5-7,19H,2,4,8-9H2,(H,16,18). The maximum absolute atomic E-state index is 11.4. The Hall–Kier alpha value is -2.14. The van der Waals surface area contributed by atoms with Crippen LogP contribution in [-0.4, -0.2) is 26.5 Å². The summed E-state index contributed by atoms with van der Waals surface area (Å²) >= 11 is 0. The van der Waals surface area contributed by atoms with E-state index in [-0.39, 0.29) is 11.2 Å². The predicted molar refractivity (Wildman–Crippen MR) is 70.8 cm³/mol. The lowest BCUT2D eigenvalue weighted by Crippen LogP contribution is -2.30. The Morgan fingerprint density at radius 3 is 3.16 bits per heavy atom. The first-order chi connectivity index (χ1) is 9.22. The summed E-state index contributed by atoms with van der Waals surface area (Å²) in [5.74, 6) is -0.239. The van der Waals surface area contributed by atoms with Gasteiger partial charge in [0.15, 0.2) is 5.75 Å². The highest BCUT2D eigenvalue weighted by atomic mass is 16.3. The molecule has 0 atom stereocenters. The molecule has 19 heavy (non-hydrogen) atoms. The van der Waals surface area contributed by atoms with Crippen molar-refractivity contribution in [3.63, 3.8) is 0 Å². The Labute approximate surface area is 110 Å². The van der Waals surface area contributed by atoms with Gasteiger partial charge in [-0.3, -0.25) is 14.7 Å². The van der Waals surface area contributed by atoms with Crippen LogP contribution in [-0.2, 0) is 19.5 Å².